The molecule has 5 rings (SSSR count). The summed E-state index contributed by atoms with van der Waals surface area (Å²) in [6.07, 6.45) is 0.887. The molecule has 35 heavy (non-hydrogen) atoms. The van der Waals surface area contributed by atoms with Gasteiger partial charge in [-0.25, -0.2) is 4.79 Å². The smallest absolute Gasteiger partial charge is 0.407 e. The number of hydrogen-bond donors (Lipinski definition) is 2. The van der Waals surface area contributed by atoms with Crippen LogP contribution in [0.25, 0.3) is 11.1 Å². The lowest BCUT2D eigenvalue weighted by atomic mass is 9.98. The normalized spacial score (nSPS) is 22.4. The Hall–Kier alpha value is -3.86. The molecule has 1 heterocycles. The third kappa shape index (κ3) is 4.12. The lowest BCUT2D eigenvalue weighted by Crippen LogP contribution is -2.49. The number of amides is 2. The lowest BCUT2D eigenvalue weighted by molar-refractivity contribution is -0.144. The van der Waals surface area contributed by atoms with E-state index in [-0.39, 0.29) is 43.7 Å². The Labute approximate surface area is 203 Å². The van der Waals surface area contributed by atoms with Crippen molar-refractivity contribution in [1.82, 2.24) is 10.2 Å². The molecular formula is C27H27N3O5. The number of rotatable bonds is 8. The fraction of sp³-hybridized carbons (Fsp3) is 0.407. The van der Waals surface area contributed by atoms with E-state index in [2.05, 4.69) is 23.5 Å². The minimum atomic E-state index is -0.872. The molecule has 2 aromatic carbocycles. The van der Waals surface area contributed by atoms with Crippen LogP contribution in [0, 0.1) is 22.7 Å². The highest BCUT2D eigenvalue weighted by Crippen LogP contribution is 2.58. The Morgan fingerprint density at radius 3 is 2.40 bits per heavy atom. The molecule has 8 heteroatoms. The molecule has 1 saturated heterocycles. The highest BCUT2D eigenvalue weighted by atomic mass is 16.5. The Kier molecular flexibility index (Phi) is 5.93. The molecule has 2 fully saturated rings. The maximum atomic E-state index is 13.2. The van der Waals surface area contributed by atoms with Crippen molar-refractivity contribution in [3.63, 3.8) is 0 Å². The van der Waals surface area contributed by atoms with E-state index < -0.39 is 23.5 Å². The summed E-state index contributed by atoms with van der Waals surface area (Å²) in [5.74, 6) is -1.31. The third-order valence-corrected chi connectivity index (χ3v) is 7.60. The van der Waals surface area contributed by atoms with Gasteiger partial charge in [0.05, 0.1) is 11.5 Å². The van der Waals surface area contributed by atoms with Crippen molar-refractivity contribution in [2.45, 2.75) is 37.6 Å². The molecule has 3 aliphatic rings. The Bertz CT molecular complexity index is 1180. The van der Waals surface area contributed by atoms with Gasteiger partial charge in [0, 0.05) is 25.4 Å². The summed E-state index contributed by atoms with van der Waals surface area (Å²) < 4.78 is 5.60. The van der Waals surface area contributed by atoms with Gasteiger partial charge < -0.3 is 20.1 Å². The van der Waals surface area contributed by atoms with Gasteiger partial charge in [0.1, 0.15) is 12.6 Å². The zero-order valence-corrected chi connectivity index (χ0v) is 19.3. The molecule has 0 aromatic heterocycles. The molecule has 1 aliphatic heterocycles. The molecule has 3 unspecified atom stereocenters. The van der Waals surface area contributed by atoms with Crippen LogP contribution in [0.15, 0.2) is 48.5 Å². The molecule has 3 atom stereocenters. The first-order valence-corrected chi connectivity index (χ1v) is 12.0. The molecule has 1 saturated carbocycles. The molecule has 2 N–H and O–H groups in total. The van der Waals surface area contributed by atoms with Crippen molar-refractivity contribution in [2.24, 2.45) is 11.3 Å². The average molecular weight is 474 g/mol. The summed E-state index contributed by atoms with van der Waals surface area (Å²) in [6.45, 7) is 0.673. The Balaban J connectivity index is 1.24. The van der Waals surface area contributed by atoms with Crippen LogP contribution in [-0.2, 0) is 14.3 Å². The molecular weight excluding hydrogens is 446 g/mol. The number of nitriles is 1. The number of piperidine rings is 1. The van der Waals surface area contributed by atoms with Gasteiger partial charge in [0.15, 0.2) is 0 Å². The van der Waals surface area contributed by atoms with E-state index in [1.54, 1.807) is 0 Å². The van der Waals surface area contributed by atoms with Crippen LogP contribution in [0.4, 0.5) is 4.79 Å². The van der Waals surface area contributed by atoms with Gasteiger partial charge in [-0.2, -0.15) is 5.26 Å². The van der Waals surface area contributed by atoms with Gasteiger partial charge >= 0.3 is 12.1 Å². The number of carbonyl (C=O) groups is 3. The van der Waals surface area contributed by atoms with Crippen LogP contribution in [0.5, 0.6) is 0 Å². The number of aliphatic carboxylic acids is 1. The van der Waals surface area contributed by atoms with Crippen molar-refractivity contribution >= 4 is 18.0 Å². The number of benzene rings is 2. The highest BCUT2D eigenvalue weighted by Gasteiger charge is 2.66. The summed E-state index contributed by atoms with van der Waals surface area (Å²) in [4.78, 5) is 39.1. The van der Waals surface area contributed by atoms with E-state index in [0.29, 0.717) is 19.4 Å². The predicted octanol–water partition coefficient (Wildman–Crippen LogP) is 3.52. The van der Waals surface area contributed by atoms with Crippen molar-refractivity contribution in [1.29, 1.82) is 5.26 Å². The zero-order valence-electron chi connectivity index (χ0n) is 19.3. The second-order valence-corrected chi connectivity index (χ2v) is 9.65. The van der Waals surface area contributed by atoms with Gasteiger partial charge in [0.25, 0.3) is 0 Å². The van der Waals surface area contributed by atoms with Crippen LogP contribution in [-0.4, -0.2) is 53.7 Å². The quantitative estimate of drug-likeness (QED) is 0.566. The van der Waals surface area contributed by atoms with Gasteiger partial charge in [-0.15, -0.1) is 0 Å². The fourth-order valence-corrected chi connectivity index (χ4v) is 5.63. The molecule has 0 spiro atoms. The van der Waals surface area contributed by atoms with Crippen molar-refractivity contribution in [3.8, 4) is 17.2 Å². The maximum Gasteiger partial charge on any atom is 0.407 e. The van der Waals surface area contributed by atoms with Gasteiger partial charge in [-0.05, 0) is 47.4 Å². The summed E-state index contributed by atoms with van der Waals surface area (Å²) in [5.41, 5.74) is 3.61. The van der Waals surface area contributed by atoms with Gasteiger partial charge in [0.2, 0.25) is 5.91 Å². The minimum absolute atomic E-state index is 0.0295. The van der Waals surface area contributed by atoms with Crippen molar-refractivity contribution < 1.29 is 24.2 Å². The highest BCUT2D eigenvalue weighted by molar-refractivity contribution is 5.88. The summed E-state index contributed by atoms with van der Waals surface area (Å²) in [5, 5.41) is 21.1. The maximum absolute atomic E-state index is 13.2. The number of carbonyl (C=O) groups excluding carboxylic acids is 2. The number of fused-ring (bicyclic) bond motifs is 4. The first-order chi connectivity index (χ1) is 16.9. The first kappa shape index (κ1) is 22.9. The molecule has 2 aromatic rings. The molecule has 180 valence electrons. The molecule has 0 bridgehead atoms. The number of ether oxygens (including phenoxy) is 1. The molecule has 2 amide bonds. The predicted molar refractivity (Wildman–Crippen MR) is 126 cm³/mol. The number of likely N-dealkylation sites (tertiary alicyclic amines) is 1. The number of alkyl carbamates (subject to hydrolysis) is 1. The number of nitrogens with one attached hydrogen (secondary N) is 1. The minimum Gasteiger partial charge on any atom is -0.481 e. The third-order valence-electron chi connectivity index (χ3n) is 7.60. The SMILES string of the molecule is N#CCCCC(NC(=O)OCC1c2ccccc2-c2ccccc21)C(=O)N1CC2CC2(C(=O)O)C1. The molecule has 8 nitrogen and oxygen atoms in total. The standard InChI is InChI=1S/C27H27N3O5/c28-12-6-5-11-23(24(31)30-14-17-13-27(17,16-30)25(32)33)29-26(34)35-15-22-20-9-3-1-7-18(20)19-8-2-4-10-21(19)22/h1-4,7-10,17,22-23H,5-6,11,13-16H2,(H,29,34)(H,32,33). The summed E-state index contributed by atoms with van der Waals surface area (Å²) in [6, 6.07) is 17.3. The van der Waals surface area contributed by atoms with Crippen molar-refractivity contribution in [3.05, 3.63) is 59.7 Å². The van der Waals surface area contributed by atoms with E-state index in [0.717, 1.165) is 22.3 Å². The van der Waals surface area contributed by atoms with Crippen LogP contribution in [0.3, 0.4) is 0 Å². The van der Waals surface area contributed by atoms with Crippen LogP contribution in [0.2, 0.25) is 0 Å². The second-order valence-electron chi connectivity index (χ2n) is 9.65. The summed E-state index contributed by atoms with van der Waals surface area (Å²) in [7, 11) is 0. The van der Waals surface area contributed by atoms with E-state index in [9.17, 15) is 19.5 Å². The second kappa shape index (κ2) is 9.06. The fourth-order valence-electron chi connectivity index (χ4n) is 5.63. The number of carboxylic acids is 1. The van der Waals surface area contributed by atoms with E-state index in [1.807, 2.05) is 36.4 Å². The Morgan fingerprint density at radius 1 is 1.14 bits per heavy atom. The van der Waals surface area contributed by atoms with Crippen molar-refractivity contribution in [2.75, 3.05) is 19.7 Å². The summed E-state index contributed by atoms with van der Waals surface area (Å²) >= 11 is 0. The largest absolute Gasteiger partial charge is 0.481 e. The van der Waals surface area contributed by atoms with Crippen LogP contribution in [0.1, 0.15) is 42.7 Å². The number of nitrogens with zero attached hydrogens (tertiary/aromatic N) is 2. The Morgan fingerprint density at radius 2 is 1.80 bits per heavy atom. The molecule has 0 radical (unpaired) electrons. The van der Waals surface area contributed by atoms with Crippen LogP contribution >= 0.6 is 0 Å². The monoisotopic (exact) mass is 473 g/mol. The van der Waals surface area contributed by atoms with E-state index in [1.165, 1.54) is 4.90 Å². The lowest BCUT2D eigenvalue weighted by Gasteiger charge is -2.26. The van der Waals surface area contributed by atoms with E-state index in [4.69, 9.17) is 10.00 Å². The number of carboxylic acid groups (broad SMARTS) is 1. The van der Waals surface area contributed by atoms with Crippen LogP contribution < -0.4 is 5.32 Å². The number of unbranched alkanes of at least 4 members (excludes halogenated alkanes) is 1. The topological polar surface area (TPSA) is 120 Å². The average Bonchev–Trinajstić information content (AvgIpc) is 3.29. The van der Waals surface area contributed by atoms with E-state index >= 15 is 0 Å². The molecule has 2 aliphatic carbocycles. The zero-order chi connectivity index (χ0) is 24.6. The first-order valence-electron chi connectivity index (χ1n) is 12.0. The number of hydrogen-bond acceptors (Lipinski definition) is 5. The van der Waals surface area contributed by atoms with Gasteiger partial charge in [-0.1, -0.05) is 48.5 Å². The van der Waals surface area contributed by atoms with Gasteiger partial charge in [-0.3, -0.25) is 9.59 Å².